The van der Waals surface area contributed by atoms with Gasteiger partial charge >= 0.3 is 0 Å². The van der Waals surface area contributed by atoms with Gasteiger partial charge < -0.3 is 26.0 Å². The Morgan fingerprint density at radius 2 is 1.81 bits per heavy atom. The number of carbonyl (C=O) groups excluding carboxylic acids is 3. The Morgan fingerprint density at radius 3 is 2.52 bits per heavy atom. The SMILES string of the molecule is COc1ccc(NC2NC(=O)C3C(NC(=O)CC3C(=O)NCc3ccccc3)N2)cc1. The van der Waals surface area contributed by atoms with Crippen LogP contribution in [0.5, 0.6) is 5.75 Å². The van der Waals surface area contributed by atoms with Crippen molar-refractivity contribution in [3.8, 4) is 5.75 Å². The van der Waals surface area contributed by atoms with E-state index < -0.39 is 24.3 Å². The summed E-state index contributed by atoms with van der Waals surface area (Å²) in [4.78, 5) is 38.0. The van der Waals surface area contributed by atoms with Crippen molar-refractivity contribution in [3.05, 3.63) is 60.2 Å². The minimum atomic E-state index is -0.753. The number of benzene rings is 2. The van der Waals surface area contributed by atoms with Crippen molar-refractivity contribution in [3.63, 3.8) is 0 Å². The van der Waals surface area contributed by atoms with Gasteiger partial charge in [-0.1, -0.05) is 30.3 Å². The molecule has 5 N–H and O–H groups in total. The molecule has 0 aliphatic carbocycles. The zero-order chi connectivity index (χ0) is 21.8. The highest BCUT2D eigenvalue weighted by Gasteiger charge is 2.48. The van der Waals surface area contributed by atoms with Crippen LogP contribution in [0.2, 0.25) is 0 Å². The normalized spacial score (nSPS) is 24.9. The summed E-state index contributed by atoms with van der Waals surface area (Å²) in [6, 6.07) is 16.7. The number of fused-ring (bicyclic) bond motifs is 1. The summed E-state index contributed by atoms with van der Waals surface area (Å²) < 4.78 is 5.14. The topological polar surface area (TPSA) is 121 Å². The van der Waals surface area contributed by atoms with Crippen molar-refractivity contribution in [2.24, 2.45) is 11.8 Å². The van der Waals surface area contributed by atoms with Crippen molar-refractivity contribution in [2.75, 3.05) is 12.4 Å². The van der Waals surface area contributed by atoms with E-state index in [2.05, 4.69) is 26.6 Å². The fourth-order valence-electron chi connectivity index (χ4n) is 3.92. The van der Waals surface area contributed by atoms with Gasteiger partial charge in [-0.3, -0.25) is 19.7 Å². The Labute approximate surface area is 179 Å². The van der Waals surface area contributed by atoms with Gasteiger partial charge in [-0.2, -0.15) is 0 Å². The lowest BCUT2D eigenvalue weighted by Crippen LogP contribution is -2.72. The molecule has 2 aromatic carbocycles. The molecule has 2 aliphatic heterocycles. The van der Waals surface area contributed by atoms with Gasteiger partial charge in [-0.15, -0.1) is 0 Å². The highest BCUT2D eigenvalue weighted by molar-refractivity contribution is 5.94. The van der Waals surface area contributed by atoms with E-state index in [9.17, 15) is 14.4 Å². The first-order chi connectivity index (χ1) is 15.0. The zero-order valence-corrected chi connectivity index (χ0v) is 17.1. The third-order valence-electron chi connectivity index (χ3n) is 5.50. The maximum absolute atomic E-state index is 12.9. The van der Waals surface area contributed by atoms with Crippen LogP contribution in [0, 0.1) is 11.8 Å². The molecule has 0 aromatic heterocycles. The van der Waals surface area contributed by atoms with E-state index in [1.165, 1.54) is 0 Å². The van der Waals surface area contributed by atoms with Crippen molar-refractivity contribution in [1.29, 1.82) is 0 Å². The fraction of sp³-hybridized carbons (Fsp3) is 0.318. The number of anilines is 1. The van der Waals surface area contributed by atoms with Gasteiger partial charge in [-0.25, -0.2) is 0 Å². The Hall–Kier alpha value is -3.59. The van der Waals surface area contributed by atoms with E-state index in [1.54, 1.807) is 19.2 Å². The van der Waals surface area contributed by atoms with Crippen molar-refractivity contribution >= 4 is 23.4 Å². The largest absolute Gasteiger partial charge is 0.497 e. The molecule has 31 heavy (non-hydrogen) atoms. The van der Waals surface area contributed by atoms with Crippen LogP contribution < -0.4 is 31.3 Å². The predicted octanol–water partition coefficient (Wildman–Crippen LogP) is 0.505. The van der Waals surface area contributed by atoms with Crippen LogP contribution in [-0.2, 0) is 20.9 Å². The molecule has 4 unspecified atom stereocenters. The summed E-state index contributed by atoms with van der Waals surface area (Å²) in [7, 11) is 1.59. The summed E-state index contributed by atoms with van der Waals surface area (Å²) in [5.41, 5.74) is 1.71. The van der Waals surface area contributed by atoms with Crippen molar-refractivity contribution in [1.82, 2.24) is 21.3 Å². The van der Waals surface area contributed by atoms with Crippen LogP contribution in [0.15, 0.2) is 54.6 Å². The molecule has 4 atom stereocenters. The number of piperidine rings is 1. The number of amides is 3. The van der Waals surface area contributed by atoms with Crippen molar-refractivity contribution < 1.29 is 19.1 Å². The van der Waals surface area contributed by atoms with Crippen LogP contribution in [0.4, 0.5) is 5.69 Å². The van der Waals surface area contributed by atoms with Gasteiger partial charge in [0.25, 0.3) is 0 Å². The van der Waals surface area contributed by atoms with Crippen molar-refractivity contribution in [2.45, 2.75) is 25.4 Å². The third kappa shape index (κ3) is 4.77. The molecule has 3 amide bonds. The summed E-state index contributed by atoms with van der Waals surface area (Å²) in [5, 5.41) is 14.8. The van der Waals surface area contributed by atoms with Gasteiger partial charge in [0, 0.05) is 18.7 Å². The molecular weight excluding hydrogens is 398 g/mol. The van der Waals surface area contributed by atoms with E-state index in [1.807, 2.05) is 42.5 Å². The maximum atomic E-state index is 12.9. The maximum Gasteiger partial charge on any atom is 0.229 e. The molecule has 2 aromatic rings. The smallest absolute Gasteiger partial charge is 0.229 e. The molecule has 162 valence electrons. The Balaban J connectivity index is 1.41. The van der Waals surface area contributed by atoms with E-state index in [4.69, 9.17) is 4.74 Å². The standard InChI is InChI=1S/C22H25N5O4/c1-31-15-9-7-14(8-10-15)24-22-26-19-18(21(30)27-22)16(11-17(28)25-19)20(29)23-12-13-5-3-2-4-6-13/h2-10,16,18-19,22,24,26H,11-12H2,1H3,(H,23,29)(H,25,28)(H,27,30). The highest BCUT2D eigenvalue weighted by atomic mass is 16.5. The first-order valence-corrected chi connectivity index (χ1v) is 10.1. The van der Waals surface area contributed by atoms with Crippen LogP contribution >= 0.6 is 0 Å². The second-order valence-electron chi connectivity index (χ2n) is 7.57. The molecule has 9 heteroatoms. The highest BCUT2D eigenvalue weighted by Crippen LogP contribution is 2.27. The average Bonchev–Trinajstić information content (AvgIpc) is 2.78. The molecular formula is C22H25N5O4. The lowest BCUT2D eigenvalue weighted by atomic mass is 9.81. The minimum Gasteiger partial charge on any atom is -0.497 e. The van der Waals surface area contributed by atoms with E-state index in [-0.39, 0.29) is 24.1 Å². The zero-order valence-electron chi connectivity index (χ0n) is 17.1. The summed E-state index contributed by atoms with van der Waals surface area (Å²) in [6.45, 7) is 0.339. The summed E-state index contributed by atoms with van der Waals surface area (Å²) in [6.07, 6.45) is -1.29. The lowest BCUT2D eigenvalue weighted by molar-refractivity contribution is -0.146. The predicted molar refractivity (Wildman–Crippen MR) is 113 cm³/mol. The number of hydrogen-bond donors (Lipinski definition) is 5. The van der Waals surface area contributed by atoms with Crippen LogP contribution in [0.1, 0.15) is 12.0 Å². The van der Waals surface area contributed by atoms with Gasteiger partial charge in [0.2, 0.25) is 17.7 Å². The first kappa shape index (κ1) is 20.7. The molecule has 2 saturated heterocycles. The average molecular weight is 423 g/mol. The van der Waals surface area contributed by atoms with E-state index in [0.717, 1.165) is 17.0 Å². The number of ether oxygens (including phenoxy) is 1. The Bertz CT molecular complexity index is 950. The number of carbonyl (C=O) groups is 3. The minimum absolute atomic E-state index is 0.0343. The molecule has 4 rings (SSSR count). The van der Waals surface area contributed by atoms with E-state index >= 15 is 0 Å². The molecule has 0 bridgehead atoms. The number of methoxy groups -OCH3 is 1. The van der Waals surface area contributed by atoms with Crippen LogP contribution in [0.3, 0.4) is 0 Å². The number of nitrogens with one attached hydrogen (secondary N) is 5. The molecule has 0 spiro atoms. The van der Waals surface area contributed by atoms with Crippen LogP contribution in [0.25, 0.3) is 0 Å². The lowest BCUT2D eigenvalue weighted by Gasteiger charge is -2.43. The molecule has 2 aliphatic rings. The van der Waals surface area contributed by atoms with Gasteiger partial charge in [0.15, 0.2) is 6.29 Å². The fourth-order valence-corrected chi connectivity index (χ4v) is 3.92. The molecule has 2 fully saturated rings. The number of rotatable bonds is 6. The monoisotopic (exact) mass is 423 g/mol. The third-order valence-corrected chi connectivity index (χ3v) is 5.50. The second kappa shape index (κ2) is 9.05. The quantitative estimate of drug-likeness (QED) is 0.462. The summed E-state index contributed by atoms with van der Waals surface area (Å²) in [5.74, 6) is -1.62. The Morgan fingerprint density at radius 1 is 1.06 bits per heavy atom. The van der Waals surface area contributed by atoms with E-state index in [0.29, 0.717) is 6.54 Å². The first-order valence-electron chi connectivity index (χ1n) is 10.1. The van der Waals surface area contributed by atoms with Gasteiger partial charge in [-0.05, 0) is 29.8 Å². The second-order valence-corrected chi connectivity index (χ2v) is 7.57. The summed E-state index contributed by atoms with van der Waals surface area (Å²) >= 11 is 0. The molecule has 0 saturated carbocycles. The van der Waals surface area contributed by atoms with Crippen LogP contribution in [-0.4, -0.2) is 37.3 Å². The van der Waals surface area contributed by atoms with Gasteiger partial charge in [0.1, 0.15) is 5.75 Å². The Kier molecular flexibility index (Phi) is 6.03. The molecule has 9 nitrogen and oxygen atoms in total. The number of hydrogen-bond acceptors (Lipinski definition) is 6. The molecule has 2 heterocycles. The molecule has 0 radical (unpaired) electrons. The van der Waals surface area contributed by atoms with Gasteiger partial charge in [0.05, 0.1) is 25.1 Å².